The van der Waals surface area contributed by atoms with Gasteiger partial charge in [-0.1, -0.05) is 6.42 Å². The van der Waals surface area contributed by atoms with Gasteiger partial charge in [0, 0.05) is 13.2 Å². The van der Waals surface area contributed by atoms with Gasteiger partial charge in [-0.3, -0.25) is 0 Å². The van der Waals surface area contributed by atoms with Gasteiger partial charge < -0.3 is 4.74 Å². The lowest BCUT2D eigenvalue weighted by Crippen LogP contribution is -2.29. The molecule has 2 unspecified atom stereocenters. The summed E-state index contributed by atoms with van der Waals surface area (Å²) in [5.41, 5.74) is 0. The Morgan fingerprint density at radius 1 is 1.11 bits per heavy atom. The molecule has 51 valence electrons. The third-order valence-electron chi connectivity index (χ3n) is 2.36. The van der Waals surface area contributed by atoms with Crippen LogP contribution >= 0.6 is 0 Å². The summed E-state index contributed by atoms with van der Waals surface area (Å²) >= 11 is 0. The van der Waals surface area contributed by atoms with Crippen LogP contribution in [-0.2, 0) is 4.74 Å². The minimum Gasteiger partial charge on any atom is -0.381 e. The smallest absolute Gasteiger partial charge is 0.0497 e. The molecular formula is C8H13O. The predicted octanol–water partition coefficient (Wildman–Crippen LogP) is 1.64. The third-order valence-corrected chi connectivity index (χ3v) is 2.36. The molecule has 2 rings (SSSR count). The second-order valence-corrected chi connectivity index (χ2v) is 3.18. The van der Waals surface area contributed by atoms with E-state index in [1.807, 2.05) is 0 Å². The highest BCUT2D eigenvalue weighted by Gasteiger charge is 2.26. The number of hydrogen-bond donors (Lipinski definition) is 0. The maximum Gasteiger partial charge on any atom is 0.0497 e. The molecule has 0 spiro atoms. The lowest BCUT2D eigenvalue weighted by Gasteiger charge is -2.33. The Hall–Kier alpha value is -0.0400. The van der Waals surface area contributed by atoms with Gasteiger partial charge in [0.1, 0.15) is 0 Å². The highest BCUT2D eigenvalue weighted by molar-refractivity contribution is 4.90. The third kappa shape index (κ3) is 1.11. The van der Waals surface area contributed by atoms with E-state index in [1.54, 1.807) is 0 Å². The van der Waals surface area contributed by atoms with E-state index < -0.39 is 0 Å². The van der Waals surface area contributed by atoms with Crippen molar-refractivity contribution in [1.82, 2.24) is 0 Å². The van der Waals surface area contributed by atoms with Crippen LogP contribution in [0.25, 0.3) is 0 Å². The zero-order chi connectivity index (χ0) is 6.10. The fourth-order valence-corrected chi connectivity index (χ4v) is 1.87. The molecule has 1 heterocycles. The van der Waals surface area contributed by atoms with Crippen molar-refractivity contribution in [1.29, 1.82) is 0 Å². The molecule has 2 bridgehead atoms. The molecule has 1 aliphatic heterocycles. The Morgan fingerprint density at radius 2 is 1.78 bits per heavy atom. The molecule has 0 N–H and O–H groups in total. The van der Waals surface area contributed by atoms with Crippen LogP contribution in [0.3, 0.4) is 0 Å². The Labute approximate surface area is 56.4 Å². The summed E-state index contributed by atoms with van der Waals surface area (Å²) < 4.78 is 5.41. The summed E-state index contributed by atoms with van der Waals surface area (Å²) in [5, 5.41) is 0. The van der Waals surface area contributed by atoms with E-state index >= 15 is 0 Å². The Balaban J connectivity index is 1.96. The molecule has 1 aliphatic carbocycles. The van der Waals surface area contributed by atoms with E-state index in [2.05, 4.69) is 6.42 Å². The SMILES string of the molecule is [CH]1C2CCCC1COC2. The van der Waals surface area contributed by atoms with E-state index in [1.165, 1.54) is 19.3 Å². The van der Waals surface area contributed by atoms with Crippen molar-refractivity contribution < 1.29 is 4.74 Å². The molecular weight excluding hydrogens is 112 g/mol. The topological polar surface area (TPSA) is 9.23 Å². The predicted molar refractivity (Wildman–Crippen MR) is 35.9 cm³/mol. The van der Waals surface area contributed by atoms with Crippen molar-refractivity contribution in [2.24, 2.45) is 11.8 Å². The van der Waals surface area contributed by atoms with Gasteiger partial charge in [0.05, 0.1) is 0 Å². The maximum absolute atomic E-state index is 5.41. The van der Waals surface area contributed by atoms with Crippen molar-refractivity contribution in [3.05, 3.63) is 6.42 Å². The number of ether oxygens (including phenoxy) is 1. The Kier molecular flexibility index (Phi) is 1.46. The van der Waals surface area contributed by atoms with Crippen LogP contribution in [0, 0.1) is 18.3 Å². The summed E-state index contributed by atoms with van der Waals surface area (Å²) in [5.74, 6) is 1.61. The molecule has 2 fully saturated rings. The van der Waals surface area contributed by atoms with Gasteiger partial charge in [-0.25, -0.2) is 0 Å². The first-order valence-corrected chi connectivity index (χ1v) is 3.88. The van der Waals surface area contributed by atoms with Crippen molar-refractivity contribution in [2.45, 2.75) is 19.3 Å². The average Bonchev–Trinajstić information content (AvgIpc) is 1.88. The fraction of sp³-hybridized carbons (Fsp3) is 0.875. The van der Waals surface area contributed by atoms with Crippen molar-refractivity contribution >= 4 is 0 Å². The van der Waals surface area contributed by atoms with E-state index in [9.17, 15) is 0 Å². The quantitative estimate of drug-likeness (QED) is 0.478. The highest BCUT2D eigenvalue weighted by atomic mass is 16.5. The summed E-state index contributed by atoms with van der Waals surface area (Å²) in [6, 6.07) is 0. The molecule has 1 saturated heterocycles. The molecule has 0 aromatic heterocycles. The molecule has 2 atom stereocenters. The lowest BCUT2D eigenvalue weighted by molar-refractivity contribution is 0.0258. The maximum atomic E-state index is 5.41. The number of rotatable bonds is 0. The van der Waals surface area contributed by atoms with Crippen LogP contribution in [0.4, 0.5) is 0 Å². The van der Waals surface area contributed by atoms with Crippen LogP contribution < -0.4 is 0 Å². The van der Waals surface area contributed by atoms with Crippen LogP contribution in [0.2, 0.25) is 0 Å². The normalized spacial score (nSPS) is 42.7. The monoisotopic (exact) mass is 125 g/mol. The second kappa shape index (κ2) is 2.30. The van der Waals surface area contributed by atoms with Gasteiger partial charge in [-0.15, -0.1) is 0 Å². The molecule has 0 aromatic carbocycles. The first-order valence-electron chi connectivity index (χ1n) is 3.88. The summed E-state index contributed by atoms with van der Waals surface area (Å²) in [6.07, 6.45) is 6.66. The first kappa shape index (κ1) is 5.72. The van der Waals surface area contributed by atoms with Crippen LogP contribution in [0.5, 0.6) is 0 Å². The van der Waals surface area contributed by atoms with E-state index in [4.69, 9.17) is 4.74 Å². The van der Waals surface area contributed by atoms with Crippen LogP contribution in [0.15, 0.2) is 0 Å². The molecule has 1 radical (unpaired) electrons. The summed E-state index contributed by atoms with van der Waals surface area (Å²) in [6.45, 7) is 1.99. The molecule has 0 aromatic rings. The van der Waals surface area contributed by atoms with E-state index in [0.717, 1.165) is 25.0 Å². The zero-order valence-electron chi connectivity index (χ0n) is 5.68. The molecule has 1 nitrogen and oxygen atoms in total. The summed E-state index contributed by atoms with van der Waals surface area (Å²) in [4.78, 5) is 0. The van der Waals surface area contributed by atoms with Crippen LogP contribution in [0.1, 0.15) is 19.3 Å². The Morgan fingerprint density at radius 3 is 2.33 bits per heavy atom. The first-order chi connectivity index (χ1) is 4.45. The van der Waals surface area contributed by atoms with Crippen molar-refractivity contribution in [3.8, 4) is 0 Å². The summed E-state index contributed by atoms with van der Waals surface area (Å²) in [7, 11) is 0. The van der Waals surface area contributed by atoms with Gasteiger partial charge in [-0.05, 0) is 31.1 Å². The zero-order valence-corrected chi connectivity index (χ0v) is 5.68. The average molecular weight is 125 g/mol. The Bertz CT molecular complexity index is 80.7. The lowest BCUT2D eigenvalue weighted by atomic mass is 9.81. The largest absolute Gasteiger partial charge is 0.381 e. The van der Waals surface area contributed by atoms with Crippen molar-refractivity contribution in [2.75, 3.05) is 13.2 Å². The number of hydrogen-bond acceptors (Lipinski definition) is 1. The van der Waals surface area contributed by atoms with Gasteiger partial charge >= 0.3 is 0 Å². The highest BCUT2D eigenvalue weighted by Crippen LogP contribution is 2.31. The van der Waals surface area contributed by atoms with Crippen LogP contribution in [-0.4, -0.2) is 13.2 Å². The van der Waals surface area contributed by atoms with Gasteiger partial charge in [0.15, 0.2) is 0 Å². The van der Waals surface area contributed by atoms with E-state index in [0.29, 0.717) is 0 Å². The molecule has 9 heavy (non-hydrogen) atoms. The van der Waals surface area contributed by atoms with Gasteiger partial charge in [0.2, 0.25) is 0 Å². The molecule has 1 saturated carbocycles. The molecule has 2 aliphatic rings. The molecule has 0 amide bonds. The van der Waals surface area contributed by atoms with Gasteiger partial charge in [0.25, 0.3) is 0 Å². The van der Waals surface area contributed by atoms with Crippen molar-refractivity contribution in [3.63, 3.8) is 0 Å². The standard InChI is InChI=1S/C8H13O/c1-2-7-4-8(3-1)6-9-5-7/h4,7-8H,1-3,5-6H2. The minimum absolute atomic E-state index is 0.803. The molecule has 1 heteroatoms. The minimum atomic E-state index is 0.803. The number of fused-ring (bicyclic) bond motifs is 2. The second-order valence-electron chi connectivity index (χ2n) is 3.18. The van der Waals surface area contributed by atoms with Gasteiger partial charge in [-0.2, -0.15) is 0 Å². The van der Waals surface area contributed by atoms with E-state index in [-0.39, 0.29) is 0 Å². The fourth-order valence-electron chi connectivity index (χ4n) is 1.87.